The Bertz CT molecular complexity index is 277. The van der Waals surface area contributed by atoms with Crippen LogP contribution in [-0.2, 0) is 0 Å². The normalized spacial score (nSPS) is 15.0. The predicted octanol–water partition coefficient (Wildman–Crippen LogP) is 0.560. The van der Waals surface area contributed by atoms with Gasteiger partial charge in [-0.2, -0.15) is 0 Å². The second-order valence-corrected chi connectivity index (χ2v) is 3.64. The zero-order chi connectivity index (χ0) is 11.3. The van der Waals surface area contributed by atoms with Crippen molar-refractivity contribution in [1.29, 1.82) is 0 Å². The van der Waals surface area contributed by atoms with Gasteiger partial charge in [-0.3, -0.25) is 10.3 Å². The molecular weight excluding hydrogens is 194 g/mol. The predicted molar refractivity (Wildman–Crippen MR) is 56.4 cm³/mol. The van der Waals surface area contributed by atoms with Gasteiger partial charge in [-0.25, -0.2) is 4.98 Å². The average Bonchev–Trinajstić information content (AvgIpc) is 2.17. The van der Waals surface area contributed by atoms with E-state index in [1.54, 1.807) is 19.3 Å². The van der Waals surface area contributed by atoms with E-state index >= 15 is 0 Å². The highest BCUT2D eigenvalue weighted by Crippen LogP contribution is 2.06. The van der Waals surface area contributed by atoms with Crippen molar-refractivity contribution >= 4 is 0 Å². The van der Waals surface area contributed by atoms with Crippen LogP contribution in [0.2, 0.25) is 0 Å². The molecule has 0 fully saturated rings. The second kappa shape index (κ2) is 5.63. The van der Waals surface area contributed by atoms with E-state index in [0.29, 0.717) is 5.88 Å². The highest BCUT2D eigenvalue weighted by Gasteiger charge is 2.17. The van der Waals surface area contributed by atoms with Crippen LogP contribution in [0, 0.1) is 0 Å². The van der Waals surface area contributed by atoms with Crippen LogP contribution in [0.3, 0.4) is 0 Å². The van der Waals surface area contributed by atoms with Crippen molar-refractivity contribution in [2.24, 2.45) is 0 Å². The molecule has 0 aliphatic heterocycles. The maximum absolute atomic E-state index is 9.49. The van der Waals surface area contributed by atoms with E-state index in [-0.39, 0.29) is 6.04 Å². The van der Waals surface area contributed by atoms with Crippen molar-refractivity contribution in [3.8, 4) is 5.88 Å². The molecular formula is C10H17N3O2. The summed E-state index contributed by atoms with van der Waals surface area (Å²) in [7, 11) is 0. The Hall–Kier alpha value is -1.20. The minimum atomic E-state index is -0.616. The maximum Gasteiger partial charge on any atom is 0.233 e. The van der Waals surface area contributed by atoms with Gasteiger partial charge in [0.05, 0.1) is 6.20 Å². The van der Waals surface area contributed by atoms with Gasteiger partial charge in [-0.05, 0) is 20.8 Å². The lowest BCUT2D eigenvalue weighted by Gasteiger charge is -2.23. The van der Waals surface area contributed by atoms with Crippen molar-refractivity contribution < 1.29 is 9.84 Å². The van der Waals surface area contributed by atoms with Crippen LogP contribution in [0.1, 0.15) is 20.8 Å². The smallest absolute Gasteiger partial charge is 0.233 e. The Labute approximate surface area is 89.5 Å². The number of aliphatic hydroxyl groups is 1. The summed E-state index contributed by atoms with van der Waals surface area (Å²) in [6.45, 7) is 5.63. The van der Waals surface area contributed by atoms with Crippen LogP contribution in [0.15, 0.2) is 18.6 Å². The van der Waals surface area contributed by atoms with Crippen LogP contribution in [0.5, 0.6) is 5.88 Å². The molecule has 2 N–H and O–H groups in total. The third kappa shape index (κ3) is 4.22. The molecule has 0 spiro atoms. The molecule has 0 saturated carbocycles. The number of aliphatic hydroxyl groups excluding tert-OH is 1. The molecule has 0 saturated heterocycles. The van der Waals surface area contributed by atoms with Gasteiger partial charge in [-0.15, -0.1) is 0 Å². The van der Waals surface area contributed by atoms with E-state index in [0.717, 1.165) is 0 Å². The summed E-state index contributed by atoms with van der Waals surface area (Å²) in [5.41, 5.74) is 0. The van der Waals surface area contributed by atoms with E-state index in [4.69, 9.17) is 4.74 Å². The molecule has 0 radical (unpaired) electrons. The van der Waals surface area contributed by atoms with Crippen molar-refractivity contribution in [1.82, 2.24) is 15.3 Å². The molecule has 15 heavy (non-hydrogen) atoms. The van der Waals surface area contributed by atoms with Gasteiger partial charge in [0.2, 0.25) is 5.88 Å². The fraction of sp³-hybridized carbons (Fsp3) is 0.600. The van der Waals surface area contributed by atoms with Gasteiger partial charge in [0, 0.05) is 18.4 Å². The Morgan fingerprint density at radius 1 is 1.33 bits per heavy atom. The van der Waals surface area contributed by atoms with Gasteiger partial charge in [0.15, 0.2) is 6.23 Å². The maximum atomic E-state index is 9.49. The van der Waals surface area contributed by atoms with Crippen molar-refractivity contribution in [3.05, 3.63) is 18.6 Å². The van der Waals surface area contributed by atoms with E-state index in [2.05, 4.69) is 15.3 Å². The SMILES string of the molecule is CC(C)NC(Oc1cnccn1)C(C)O. The number of nitrogens with one attached hydrogen (secondary N) is 1. The first-order valence-electron chi connectivity index (χ1n) is 4.96. The lowest BCUT2D eigenvalue weighted by Crippen LogP contribution is -2.46. The van der Waals surface area contributed by atoms with Crippen LogP contribution >= 0.6 is 0 Å². The summed E-state index contributed by atoms with van der Waals surface area (Å²) in [6.07, 6.45) is 3.54. The zero-order valence-electron chi connectivity index (χ0n) is 9.21. The molecule has 1 aromatic rings. The summed E-state index contributed by atoms with van der Waals surface area (Å²) >= 11 is 0. The molecule has 5 heteroatoms. The van der Waals surface area contributed by atoms with Crippen molar-refractivity contribution in [2.45, 2.75) is 39.1 Å². The molecule has 0 aliphatic rings. The molecule has 2 unspecified atom stereocenters. The van der Waals surface area contributed by atoms with Gasteiger partial charge in [-0.1, -0.05) is 0 Å². The standard InChI is InChI=1S/C10H17N3O2/c1-7(2)13-10(8(3)14)15-9-6-11-4-5-12-9/h4-8,10,13-14H,1-3H3. The van der Waals surface area contributed by atoms with Gasteiger partial charge < -0.3 is 9.84 Å². The minimum absolute atomic E-state index is 0.223. The summed E-state index contributed by atoms with van der Waals surface area (Å²) in [6, 6.07) is 0.223. The number of aromatic nitrogens is 2. The highest BCUT2D eigenvalue weighted by atomic mass is 16.5. The lowest BCUT2D eigenvalue weighted by atomic mass is 10.3. The lowest BCUT2D eigenvalue weighted by molar-refractivity contribution is 0.0187. The van der Waals surface area contributed by atoms with Gasteiger partial charge in [0.1, 0.15) is 6.10 Å². The fourth-order valence-electron chi connectivity index (χ4n) is 1.08. The third-order valence-corrected chi connectivity index (χ3v) is 1.72. The Kier molecular flexibility index (Phi) is 4.45. The topological polar surface area (TPSA) is 67.3 Å². The minimum Gasteiger partial charge on any atom is -0.455 e. The second-order valence-electron chi connectivity index (χ2n) is 3.64. The van der Waals surface area contributed by atoms with Gasteiger partial charge >= 0.3 is 0 Å². The van der Waals surface area contributed by atoms with Crippen LogP contribution in [0.25, 0.3) is 0 Å². The molecule has 5 nitrogen and oxygen atoms in total. The van der Waals surface area contributed by atoms with Crippen molar-refractivity contribution in [2.75, 3.05) is 0 Å². The summed E-state index contributed by atoms with van der Waals surface area (Å²) in [4.78, 5) is 7.85. The van der Waals surface area contributed by atoms with Crippen LogP contribution in [0.4, 0.5) is 0 Å². The first-order valence-corrected chi connectivity index (χ1v) is 4.96. The number of nitrogens with zero attached hydrogens (tertiary/aromatic N) is 2. The zero-order valence-corrected chi connectivity index (χ0v) is 9.21. The number of rotatable bonds is 5. The number of hydrogen-bond acceptors (Lipinski definition) is 5. The molecule has 1 heterocycles. The highest BCUT2D eigenvalue weighted by molar-refractivity contribution is 5.02. The fourth-order valence-corrected chi connectivity index (χ4v) is 1.08. The Balaban J connectivity index is 2.59. The molecule has 0 bridgehead atoms. The molecule has 2 atom stereocenters. The monoisotopic (exact) mass is 211 g/mol. The molecule has 0 amide bonds. The average molecular weight is 211 g/mol. The number of hydrogen-bond donors (Lipinski definition) is 2. The first kappa shape index (κ1) is 11.9. The van der Waals surface area contributed by atoms with E-state index < -0.39 is 12.3 Å². The molecule has 84 valence electrons. The summed E-state index contributed by atoms with van der Waals surface area (Å²) < 4.78 is 5.45. The van der Waals surface area contributed by atoms with E-state index in [9.17, 15) is 5.11 Å². The Morgan fingerprint density at radius 3 is 2.53 bits per heavy atom. The largest absolute Gasteiger partial charge is 0.455 e. The van der Waals surface area contributed by atoms with Crippen LogP contribution < -0.4 is 10.1 Å². The quantitative estimate of drug-likeness (QED) is 0.697. The summed E-state index contributed by atoms with van der Waals surface area (Å²) in [5, 5.41) is 12.6. The molecule has 0 aromatic carbocycles. The van der Waals surface area contributed by atoms with Crippen LogP contribution in [-0.4, -0.2) is 33.4 Å². The Morgan fingerprint density at radius 2 is 2.07 bits per heavy atom. The van der Waals surface area contributed by atoms with E-state index in [1.165, 1.54) is 6.20 Å². The van der Waals surface area contributed by atoms with Gasteiger partial charge in [0.25, 0.3) is 0 Å². The third-order valence-electron chi connectivity index (χ3n) is 1.72. The summed E-state index contributed by atoms with van der Waals surface area (Å²) in [5.74, 6) is 0.400. The first-order chi connectivity index (χ1) is 7.09. The number of ether oxygens (including phenoxy) is 1. The molecule has 1 rings (SSSR count). The molecule has 1 aromatic heterocycles. The molecule has 0 aliphatic carbocycles. The van der Waals surface area contributed by atoms with Crippen molar-refractivity contribution in [3.63, 3.8) is 0 Å². The van der Waals surface area contributed by atoms with E-state index in [1.807, 2.05) is 13.8 Å².